The van der Waals surface area contributed by atoms with E-state index in [2.05, 4.69) is 27.3 Å². The fourth-order valence-corrected chi connectivity index (χ4v) is 4.11. The standard InChI is InChI=1S/C25H29ClN4O2/c1-18-4-8-20(9-5-18)24-28-23(32-29-24)17-30-15-12-21(13-16-30)25(31)27-14-2-3-19-6-10-22(26)11-7-19/h4-11,21H,2-3,12-17H2,1H3,(H,27,31). The van der Waals surface area contributed by atoms with Crippen molar-refractivity contribution in [1.82, 2.24) is 20.4 Å². The summed E-state index contributed by atoms with van der Waals surface area (Å²) in [5, 5.41) is 7.96. The van der Waals surface area contributed by atoms with Crippen LogP contribution in [0.2, 0.25) is 5.02 Å². The number of likely N-dealkylation sites (tertiary alicyclic amines) is 1. The Balaban J connectivity index is 1.17. The number of rotatable bonds is 8. The molecule has 1 fully saturated rings. The number of aryl methyl sites for hydroxylation is 2. The van der Waals surface area contributed by atoms with E-state index in [1.54, 1.807) is 0 Å². The molecule has 0 spiro atoms. The van der Waals surface area contributed by atoms with E-state index in [-0.39, 0.29) is 11.8 Å². The van der Waals surface area contributed by atoms with Crippen molar-refractivity contribution in [1.29, 1.82) is 0 Å². The fraction of sp³-hybridized carbons (Fsp3) is 0.400. The zero-order chi connectivity index (χ0) is 22.3. The largest absolute Gasteiger partial charge is 0.356 e. The van der Waals surface area contributed by atoms with Gasteiger partial charge in [-0.2, -0.15) is 4.98 Å². The number of aromatic nitrogens is 2. The molecule has 1 aliphatic heterocycles. The number of amides is 1. The smallest absolute Gasteiger partial charge is 0.241 e. The van der Waals surface area contributed by atoms with Gasteiger partial charge in [0.05, 0.1) is 6.54 Å². The van der Waals surface area contributed by atoms with Gasteiger partial charge in [-0.25, -0.2) is 0 Å². The molecule has 1 aromatic heterocycles. The Morgan fingerprint density at radius 1 is 1.12 bits per heavy atom. The molecule has 1 saturated heterocycles. The molecule has 1 amide bonds. The Hall–Kier alpha value is -2.70. The molecule has 2 heterocycles. The number of hydrogen-bond donors (Lipinski definition) is 1. The van der Waals surface area contributed by atoms with E-state index in [0.717, 1.165) is 49.4 Å². The molecule has 4 rings (SSSR count). The number of halogens is 1. The highest BCUT2D eigenvalue weighted by Gasteiger charge is 2.25. The van der Waals surface area contributed by atoms with E-state index >= 15 is 0 Å². The van der Waals surface area contributed by atoms with Gasteiger partial charge in [0.2, 0.25) is 17.6 Å². The van der Waals surface area contributed by atoms with Crippen LogP contribution in [0.15, 0.2) is 53.1 Å². The van der Waals surface area contributed by atoms with Crippen molar-refractivity contribution in [2.75, 3.05) is 19.6 Å². The first-order valence-electron chi connectivity index (χ1n) is 11.2. The number of nitrogens with zero attached hydrogens (tertiary/aromatic N) is 3. The van der Waals surface area contributed by atoms with Crippen LogP contribution in [-0.4, -0.2) is 40.6 Å². The third-order valence-corrected chi connectivity index (χ3v) is 6.20. The van der Waals surface area contributed by atoms with Gasteiger partial charge >= 0.3 is 0 Å². The van der Waals surface area contributed by atoms with Crippen LogP contribution in [0, 0.1) is 12.8 Å². The lowest BCUT2D eigenvalue weighted by molar-refractivity contribution is -0.126. The van der Waals surface area contributed by atoms with Crippen LogP contribution in [0.5, 0.6) is 0 Å². The molecular formula is C25H29ClN4O2. The van der Waals surface area contributed by atoms with Crippen molar-refractivity contribution in [2.45, 2.75) is 39.2 Å². The maximum absolute atomic E-state index is 12.5. The van der Waals surface area contributed by atoms with E-state index in [1.165, 1.54) is 11.1 Å². The summed E-state index contributed by atoms with van der Waals surface area (Å²) in [4.78, 5) is 19.3. The second-order valence-corrected chi connectivity index (χ2v) is 8.89. The normalized spacial score (nSPS) is 15.1. The Morgan fingerprint density at radius 3 is 2.56 bits per heavy atom. The summed E-state index contributed by atoms with van der Waals surface area (Å²) in [6.45, 7) is 5.08. The molecule has 1 N–H and O–H groups in total. The van der Waals surface area contributed by atoms with Crippen LogP contribution in [0.3, 0.4) is 0 Å². The average Bonchev–Trinajstić information content (AvgIpc) is 3.27. The molecule has 0 saturated carbocycles. The van der Waals surface area contributed by atoms with Gasteiger partial charge in [0, 0.05) is 23.0 Å². The molecular weight excluding hydrogens is 424 g/mol. The van der Waals surface area contributed by atoms with Crippen molar-refractivity contribution in [3.63, 3.8) is 0 Å². The second-order valence-electron chi connectivity index (χ2n) is 8.45. The Kier molecular flexibility index (Phi) is 7.55. The molecule has 1 aliphatic rings. The quantitative estimate of drug-likeness (QED) is 0.503. The Labute approximate surface area is 194 Å². The van der Waals surface area contributed by atoms with Gasteiger partial charge in [-0.05, 0) is 63.4 Å². The highest BCUT2D eigenvalue weighted by molar-refractivity contribution is 6.30. The van der Waals surface area contributed by atoms with E-state index in [9.17, 15) is 4.79 Å². The van der Waals surface area contributed by atoms with Crippen LogP contribution in [0.25, 0.3) is 11.4 Å². The third-order valence-electron chi connectivity index (χ3n) is 5.95. The number of hydrogen-bond acceptors (Lipinski definition) is 5. The number of nitrogens with one attached hydrogen (secondary N) is 1. The number of carbonyl (C=O) groups excluding carboxylic acids is 1. The van der Waals surface area contributed by atoms with Gasteiger partial charge in [0.1, 0.15) is 0 Å². The summed E-state index contributed by atoms with van der Waals surface area (Å²) in [7, 11) is 0. The maximum Gasteiger partial charge on any atom is 0.241 e. The minimum Gasteiger partial charge on any atom is -0.356 e. The van der Waals surface area contributed by atoms with E-state index < -0.39 is 0 Å². The third kappa shape index (κ3) is 6.17. The highest BCUT2D eigenvalue weighted by Crippen LogP contribution is 2.21. The lowest BCUT2D eigenvalue weighted by atomic mass is 9.96. The number of carbonyl (C=O) groups is 1. The summed E-state index contributed by atoms with van der Waals surface area (Å²) in [6, 6.07) is 16.0. The predicted molar refractivity (Wildman–Crippen MR) is 125 cm³/mol. The zero-order valence-corrected chi connectivity index (χ0v) is 19.1. The van der Waals surface area contributed by atoms with Crippen LogP contribution in [0.4, 0.5) is 0 Å². The van der Waals surface area contributed by atoms with Crippen LogP contribution >= 0.6 is 11.6 Å². The molecule has 0 bridgehead atoms. The summed E-state index contributed by atoms with van der Waals surface area (Å²) >= 11 is 5.92. The summed E-state index contributed by atoms with van der Waals surface area (Å²) in [5.41, 5.74) is 3.39. The second kappa shape index (κ2) is 10.7. The summed E-state index contributed by atoms with van der Waals surface area (Å²) < 4.78 is 5.45. The Morgan fingerprint density at radius 2 is 1.84 bits per heavy atom. The van der Waals surface area contributed by atoms with Gasteiger partial charge in [-0.3, -0.25) is 9.69 Å². The van der Waals surface area contributed by atoms with E-state index in [1.807, 2.05) is 48.5 Å². The van der Waals surface area contributed by atoms with Gasteiger partial charge in [0.25, 0.3) is 0 Å². The van der Waals surface area contributed by atoms with Crippen LogP contribution in [-0.2, 0) is 17.8 Å². The van der Waals surface area contributed by atoms with E-state index in [4.69, 9.17) is 16.1 Å². The fourth-order valence-electron chi connectivity index (χ4n) is 3.98. The van der Waals surface area contributed by atoms with Gasteiger partial charge in [0.15, 0.2) is 0 Å². The van der Waals surface area contributed by atoms with Crippen molar-refractivity contribution in [3.05, 3.63) is 70.6 Å². The van der Waals surface area contributed by atoms with Crippen molar-refractivity contribution in [2.24, 2.45) is 5.92 Å². The molecule has 2 aromatic carbocycles. The summed E-state index contributed by atoms with van der Waals surface area (Å²) in [5.74, 6) is 1.48. The molecule has 0 aliphatic carbocycles. The molecule has 0 atom stereocenters. The minimum absolute atomic E-state index is 0.0765. The lowest BCUT2D eigenvalue weighted by Crippen LogP contribution is -2.40. The van der Waals surface area contributed by atoms with Gasteiger partial charge in [-0.1, -0.05) is 58.7 Å². The number of benzene rings is 2. The number of piperidine rings is 1. The molecule has 0 unspecified atom stereocenters. The zero-order valence-electron chi connectivity index (χ0n) is 18.4. The monoisotopic (exact) mass is 452 g/mol. The molecule has 32 heavy (non-hydrogen) atoms. The molecule has 6 nitrogen and oxygen atoms in total. The van der Waals surface area contributed by atoms with Gasteiger partial charge < -0.3 is 9.84 Å². The molecule has 3 aromatic rings. The van der Waals surface area contributed by atoms with Crippen molar-refractivity contribution >= 4 is 17.5 Å². The first-order chi connectivity index (χ1) is 15.6. The van der Waals surface area contributed by atoms with Crippen molar-refractivity contribution in [3.8, 4) is 11.4 Å². The maximum atomic E-state index is 12.5. The van der Waals surface area contributed by atoms with Gasteiger partial charge in [-0.15, -0.1) is 0 Å². The molecule has 168 valence electrons. The summed E-state index contributed by atoms with van der Waals surface area (Å²) in [6.07, 6.45) is 3.56. The first-order valence-corrected chi connectivity index (χ1v) is 11.6. The van der Waals surface area contributed by atoms with Crippen LogP contribution < -0.4 is 5.32 Å². The average molecular weight is 453 g/mol. The molecule has 7 heteroatoms. The predicted octanol–water partition coefficient (Wildman–Crippen LogP) is 4.66. The SMILES string of the molecule is Cc1ccc(-c2noc(CN3CCC(C(=O)NCCCc4ccc(Cl)cc4)CC3)n2)cc1. The lowest BCUT2D eigenvalue weighted by Gasteiger charge is -2.30. The minimum atomic E-state index is 0.0765. The topological polar surface area (TPSA) is 71.3 Å². The Bertz CT molecular complexity index is 1010. The van der Waals surface area contributed by atoms with E-state index in [0.29, 0.717) is 24.8 Å². The molecule has 0 radical (unpaired) electrons. The first kappa shape index (κ1) is 22.5. The van der Waals surface area contributed by atoms with Crippen molar-refractivity contribution < 1.29 is 9.32 Å². The van der Waals surface area contributed by atoms with Crippen LogP contribution in [0.1, 0.15) is 36.3 Å². The highest BCUT2D eigenvalue weighted by atomic mass is 35.5.